The van der Waals surface area contributed by atoms with E-state index in [1.54, 1.807) is 14.2 Å². The van der Waals surface area contributed by atoms with Crippen molar-refractivity contribution in [3.63, 3.8) is 0 Å². The minimum absolute atomic E-state index is 0.376. The number of fused-ring (bicyclic) bond motifs is 1. The van der Waals surface area contributed by atoms with Crippen LogP contribution in [-0.2, 0) is 7.05 Å². The molecule has 0 saturated heterocycles. The van der Waals surface area contributed by atoms with E-state index in [0.717, 1.165) is 89.4 Å². The fourth-order valence-electron chi connectivity index (χ4n) is 7.16. The predicted molar refractivity (Wildman–Crippen MR) is 211 cm³/mol. The molecule has 6 aromatic carbocycles. The van der Waals surface area contributed by atoms with Crippen LogP contribution in [0.5, 0.6) is 11.5 Å². The van der Waals surface area contributed by atoms with E-state index in [1.165, 1.54) is 0 Å². The van der Waals surface area contributed by atoms with Gasteiger partial charge in [0.05, 0.1) is 31.3 Å². The third-order valence-electron chi connectivity index (χ3n) is 9.72. The van der Waals surface area contributed by atoms with Crippen LogP contribution in [0, 0.1) is 11.3 Å². The molecular formula is C47H35N3O2. The molecule has 0 N–H and O–H groups in total. The van der Waals surface area contributed by atoms with Crippen molar-refractivity contribution >= 4 is 10.8 Å². The normalized spacial score (nSPS) is 11.0. The molecule has 0 unspecified atom stereocenters. The van der Waals surface area contributed by atoms with Gasteiger partial charge in [-0.25, -0.2) is 4.98 Å². The highest BCUT2D eigenvalue weighted by Gasteiger charge is 2.27. The van der Waals surface area contributed by atoms with Gasteiger partial charge in [0.15, 0.2) is 0 Å². The standard InChI is InChI=1S/C47H35N3O2/c1-50-46(37-10-6-4-7-11-37)43-42(35-18-14-31(15-19-35)33-22-26-39(51-2)27-23-33)41(30-48)49-45(44(43)47(50)38-12-8-5-9-13-38)36-20-16-32(17-21-36)34-24-28-40(52-3)29-25-34/h4-29H,1-3H3. The zero-order valence-electron chi connectivity index (χ0n) is 29.2. The number of rotatable bonds is 8. The second-order valence-electron chi connectivity index (χ2n) is 12.6. The van der Waals surface area contributed by atoms with E-state index in [0.29, 0.717) is 5.69 Å². The molecule has 0 fully saturated rings. The lowest BCUT2D eigenvalue weighted by Gasteiger charge is -2.14. The van der Waals surface area contributed by atoms with Crippen molar-refractivity contribution in [3.05, 3.63) is 163 Å². The van der Waals surface area contributed by atoms with Gasteiger partial charge in [-0.3, -0.25) is 0 Å². The minimum atomic E-state index is 0.376. The average molecular weight is 674 g/mol. The lowest BCUT2D eigenvalue weighted by Crippen LogP contribution is -1.96. The topological polar surface area (TPSA) is 60.1 Å². The quantitative estimate of drug-likeness (QED) is 0.161. The van der Waals surface area contributed by atoms with Crippen LogP contribution in [-0.4, -0.2) is 23.8 Å². The predicted octanol–water partition coefficient (Wildman–Crippen LogP) is 11.5. The summed E-state index contributed by atoms with van der Waals surface area (Å²) in [5.74, 6) is 1.63. The molecule has 0 spiro atoms. The van der Waals surface area contributed by atoms with Gasteiger partial charge in [-0.05, 0) is 63.2 Å². The number of nitriles is 1. The molecule has 0 bridgehead atoms. The van der Waals surface area contributed by atoms with Gasteiger partial charge in [-0.2, -0.15) is 5.26 Å². The average Bonchev–Trinajstić information content (AvgIpc) is 3.53. The number of benzene rings is 6. The molecule has 52 heavy (non-hydrogen) atoms. The first-order chi connectivity index (χ1) is 25.6. The van der Waals surface area contributed by atoms with Crippen LogP contribution in [0.15, 0.2) is 158 Å². The molecule has 0 saturated carbocycles. The summed E-state index contributed by atoms with van der Waals surface area (Å²) in [5, 5.41) is 12.8. The Balaban J connectivity index is 1.40. The van der Waals surface area contributed by atoms with Gasteiger partial charge in [0.25, 0.3) is 0 Å². The molecule has 5 heteroatoms. The van der Waals surface area contributed by atoms with E-state index in [9.17, 15) is 5.26 Å². The van der Waals surface area contributed by atoms with Gasteiger partial charge in [-0.1, -0.05) is 133 Å². The number of hydrogen-bond acceptors (Lipinski definition) is 4. The molecule has 0 radical (unpaired) electrons. The van der Waals surface area contributed by atoms with Crippen LogP contribution in [0.25, 0.3) is 77.9 Å². The Morgan fingerprint density at radius 1 is 0.462 bits per heavy atom. The highest BCUT2D eigenvalue weighted by atomic mass is 16.5. The zero-order chi connectivity index (χ0) is 35.6. The first kappa shape index (κ1) is 32.3. The van der Waals surface area contributed by atoms with Crippen molar-refractivity contribution < 1.29 is 9.47 Å². The Kier molecular flexibility index (Phi) is 8.56. The fraction of sp³-hybridized carbons (Fsp3) is 0.0638. The number of ether oxygens (including phenoxy) is 2. The van der Waals surface area contributed by atoms with Crippen LogP contribution in [0.4, 0.5) is 0 Å². The van der Waals surface area contributed by atoms with Crippen LogP contribution >= 0.6 is 0 Å². The first-order valence-corrected chi connectivity index (χ1v) is 17.1. The van der Waals surface area contributed by atoms with Crippen molar-refractivity contribution in [2.24, 2.45) is 7.05 Å². The third kappa shape index (κ3) is 5.77. The molecule has 0 atom stereocenters. The molecular weight excluding hydrogens is 639 g/mol. The van der Waals surface area contributed by atoms with Crippen LogP contribution in [0.1, 0.15) is 5.69 Å². The van der Waals surface area contributed by atoms with Gasteiger partial charge in [-0.15, -0.1) is 0 Å². The van der Waals surface area contributed by atoms with E-state index in [1.807, 2.05) is 36.4 Å². The van der Waals surface area contributed by atoms with Crippen LogP contribution < -0.4 is 9.47 Å². The van der Waals surface area contributed by atoms with Crippen LogP contribution in [0.2, 0.25) is 0 Å². The Labute approximate surface area is 303 Å². The van der Waals surface area contributed by atoms with Crippen molar-refractivity contribution in [3.8, 4) is 84.7 Å². The number of nitrogens with zero attached hydrogens (tertiary/aromatic N) is 3. The number of hydrogen-bond donors (Lipinski definition) is 0. The first-order valence-electron chi connectivity index (χ1n) is 17.1. The van der Waals surface area contributed by atoms with E-state index in [4.69, 9.17) is 14.5 Å². The third-order valence-corrected chi connectivity index (χ3v) is 9.72. The van der Waals surface area contributed by atoms with Crippen molar-refractivity contribution in [2.45, 2.75) is 0 Å². The molecule has 0 aliphatic carbocycles. The summed E-state index contributed by atoms with van der Waals surface area (Å²) in [6, 6.07) is 56.3. The Morgan fingerprint density at radius 2 is 0.846 bits per heavy atom. The largest absolute Gasteiger partial charge is 0.497 e. The van der Waals surface area contributed by atoms with Crippen molar-refractivity contribution in [1.82, 2.24) is 9.55 Å². The smallest absolute Gasteiger partial charge is 0.149 e. The number of methoxy groups -OCH3 is 2. The summed E-state index contributed by atoms with van der Waals surface area (Å²) in [4.78, 5) is 5.22. The molecule has 0 aliphatic heterocycles. The molecule has 0 aliphatic rings. The second kappa shape index (κ2) is 13.8. The van der Waals surface area contributed by atoms with Crippen LogP contribution in [0.3, 0.4) is 0 Å². The summed E-state index contributed by atoms with van der Waals surface area (Å²) in [5.41, 5.74) is 12.3. The van der Waals surface area contributed by atoms with Gasteiger partial charge in [0.1, 0.15) is 23.3 Å². The zero-order valence-corrected chi connectivity index (χ0v) is 29.2. The van der Waals surface area contributed by atoms with Gasteiger partial charge < -0.3 is 14.0 Å². The van der Waals surface area contributed by atoms with Gasteiger partial charge in [0, 0.05) is 28.9 Å². The maximum Gasteiger partial charge on any atom is 0.149 e. The summed E-state index contributed by atoms with van der Waals surface area (Å²) in [6.07, 6.45) is 0. The summed E-state index contributed by atoms with van der Waals surface area (Å²) in [7, 11) is 5.46. The molecule has 0 amide bonds. The highest BCUT2D eigenvalue weighted by Crippen LogP contribution is 2.48. The fourth-order valence-corrected chi connectivity index (χ4v) is 7.16. The SMILES string of the molecule is COc1ccc(-c2ccc(-c3nc(C#N)c(-c4ccc(-c5ccc(OC)cc5)cc4)c4c(-c5ccccc5)n(C)c(-c5ccccc5)c34)cc2)cc1. The summed E-state index contributed by atoms with van der Waals surface area (Å²) in [6.45, 7) is 0. The molecule has 8 rings (SSSR count). The van der Waals surface area contributed by atoms with E-state index >= 15 is 0 Å². The number of pyridine rings is 1. The second-order valence-corrected chi connectivity index (χ2v) is 12.6. The lowest BCUT2D eigenvalue weighted by atomic mass is 9.91. The maximum atomic E-state index is 10.8. The number of aromatic nitrogens is 2. The van der Waals surface area contributed by atoms with Crippen molar-refractivity contribution in [2.75, 3.05) is 14.2 Å². The Hall–Kier alpha value is -6.90. The summed E-state index contributed by atoms with van der Waals surface area (Å²) < 4.78 is 13.0. The monoisotopic (exact) mass is 673 g/mol. The van der Waals surface area contributed by atoms with E-state index in [-0.39, 0.29) is 0 Å². The molecule has 5 nitrogen and oxygen atoms in total. The Morgan fingerprint density at radius 3 is 1.27 bits per heavy atom. The van der Waals surface area contributed by atoms with Gasteiger partial charge in [0.2, 0.25) is 0 Å². The maximum absolute atomic E-state index is 10.8. The molecule has 8 aromatic rings. The minimum Gasteiger partial charge on any atom is -0.497 e. The highest BCUT2D eigenvalue weighted by molar-refractivity contribution is 6.18. The molecule has 2 aromatic heterocycles. The van der Waals surface area contributed by atoms with Gasteiger partial charge >= 0.3 is 0 Å². The summed E-state index contributed by atoms with van der Waals surface area (Å²) >= 11 is 0. The molecule has 2 heterocycles. The van der Waals surface area contributed by atoms with E-state index < -0.39 is 0 Å². The van der Waals surface area contributed by atoms with E-state index in [2.05, 4.69) is 139 Å². The van der Waals surface area contributed by atoms with Crippen molar-refractivity contribution in [1.29, 1.82) is 5.26 Å². The molecule has 250 valence electrons. The lowest BCUT2D eigenvalue weighted by molar-refractivity contribution is 0.415. The Bertz CT molecular complexity index is 2550.